The topological polar surface area (TPSA) is 102 Å². The largest absolute Gasteiger partial charge is 0.493 e. The quantitative estimate of drug-likeness (QED) is 0.160. The van der Waals surface area contributed by atoms with Crippen molar-refractivity contribution in [3.63, 3.8) is 0 Å². The normalized spacial score (nSPS) is 13.7. The van der Waals surface area contributed by atoms with Crippen molar-refractivity contribution in [1.82, 2.24) is 0 Å². The number of ether oxygens (including phenoxy) is 11. The van der Waals surface area contributed by atoms with Crippen LogP contribution in [0.3, 0.4) is 0 Å². The van der Waals surface area contributed by atoms with Gasteiger partial charge in [0, 0.05) is 5.56 Å². The molecule has 0 saturated carbocycles. The molecule has 0 aromatic heterocycles. The molecule has 10 rings (SSSR count). The van der Waals surface area contributed by atoms with Crippen molar-refractivity contribution in [2.45, 2.75) is 175 Å². The number of para-hydroxylation sites is 1. The second kappa shape index (κ2) is 26.4. The monoisotopic (exact) mass is 1030 g/mol. The molecule has 0 atom stereocenters. The van der Waals surface area contributed by atoms with Crippen LogP contribution < -0.4 is 52.1 Å². The minimum atomic E-state index is 0. The van der Waals surface area contributed by atoms with Crippen LogP contribution in [0.1, 0.15) is 174 Å². The Kier molecular flexibility index (Phi) is 23.5. The summed E-state index contributed by atoms with van der Waals surface area (Å²) < 4.78 is 59.1. The van der Waals surface area contributed by atoms with Crippen molar-refractivity contribution in [2.24, 2.45) is 0 Å². The molecule has 0 saturated heterocycles. The third-order valence-corrected chi connectivity index (χ3v) is 11.9. The molecule has 11 heteroatoms. The van der Waals surface area contributed by atoms with Gasteiger partial charge in [0.05, 0.1) is 7.11 Å². The molecule has 0 radical (unpaired) electrons. The van der Waals surface area contributed by atoms with Gasteiger partial charge in [-0.1, -0.05) is 171 Å². The molecule has 0 spiro atoms. The SMILES string of the molecule is C.C.C.C.C.CC(C)(C)c1ccc2c(c1)OCCO2.CC(C)(C)c1ccc2c(c1)OCO2.CC(C)(C)c1cccc2c1OCO2.COc1cc(C(C)(C)C)cc2c1OCO2.Cc1cc(C(C)(C)C)cc2c1OCO2. The van der Waals surface area contributed by atoms with Crippen LogP contribution in [0, 0.1) is 6.92 Å². The first-order valence-electron chi connectivity index (χ1n) is 23.8. The Morgan fingerprint density at radius 1 is 0.338 bits per heavy atom. The number of hydrogen-bond donors (Lipinski definition) is 0. The van der Waals surface area contributed by atoms with E-state index in [1.165, 1.54) is 27.8 Å². The number of rotatable bonds is 1. The minimum absolute atomic E-state index is 0. The summed E-state index contributed by atoms with van der Waals surface area (Å²) in [4.78, 5) is 0. The number of methoxy groups -OCH3 is 1. The first-order valence-corrected chi connectivity index (χ1v) is 23.8. The molecule has 5 aliphatic rings. The van der Waals surface area contributed by atoms with Gasteiger partial charge < -0.3 is 52.1 Å². The van der Waals surface area contributed by atoms with Gasteiger partial charge in [0.15, 0.2) is 57.5 Å². The molecule has 0 aliphatic carbocycles. The summed E-state index contributed by atoms with van der Waals surface area (Å²) in [7, 11) is 1.64. The van der Waals surface area contributed by atoms with Crippen LogP contribution in [0.15, 0.2) is 78.9 Å². The number of hydrogen-bond acceptors (Lipinski definition) is 11. The van der Waals surface area contributed by atoms with E-state index in [9.17, 15) is 0 Å². The fourth-order valence-corrected chi connectivity index (χ4v) is 7.58. The number of fused-ring (bicyclic) bond motifs is 5. The average molecular weight is 1030 g/mol. The summed E-state index contributed by atoms with van der Waals surface area (Å²) in [6.45, 7) is 37.4. The summed E-state index contributed by atoms with van der Waals surface area (Å²) in [5, 5.41) is 0. The van der Waals surface area contributed by atoms with Gasteiger partial charge in [-0.25, -0.2) is 0 Å². The fourth-order valence-electron chi connectivity index (χ4n) is 7.58. The molecule has 0 N–H and O–H groups in total. The lowest BCUT2D eigenvalue weighted by Crippen LogP contribution is -2.17. The van der Waals surface area contributed by atoms with E-state index < -0.39 is 0 Å². The van der Waals surface area contributed by atoms with E-state index in [4.69, 9.17) is 52.1 Å². The lowest BCUT2D eigenvalue weighted by molar-refractivity contribution is 0.171. The second-order valence-electron chi connectivity index (χ2n) is 22.7. The van der Waals surface area contributed by atoms with Crippen LogP contribution in [0.2, 0.25) is 0 Å². The third kappa shape index (κ3) is 16.7. The van der Waals surface area contributed by atoms with Crippen LogP contribution >= 0.6 is 0 Å². The van der Waals surface area contributed by atoms with Gasteiger partial charge in [-0.2, -0.15) is 0 Å². The maximum Gasteiger partial charge on any atom is 0.231 e. The van der Waals surface area contributed by atoms with E-state index >= 15 is 0 Å². The minimum Gasteiger partial charge on any atom is -0.493 e. The van der Waals surface area contributed by atoms with Crippen LogP contribution in [-0.2, 0) is 27.1 Å². The lowest BCUT2D eigenvalue weighted by Gasteiger charge is -2.23. The summed E-state index contributed by atoms with van der Waals surface area (Å²) in [5.74, 6) is 9.27. The Balaban J connectivity index is 0.000000455. The van der Waals surface area contributed by atoms with E-state index in [1.807, 2.05) is 36.4 Å². The first-order chi connectivity index (χ1) is 32.2. The average Bonchev–Trinajstić information content (AvgIpc) is 4.12. The predicted molar refractivity (Wildman–Crippen MR) is 306 cm³/mol. The maximum atomic E-state index is 5.53. The molecule has 0 unspecified atom stereocenters. The summed E-state index contributed by atoms with van der Waals surface area (Å²) in [5.41, 5.74) is 8.07. The molecular formula is C63H96O11. The lowest BCUT2D eigenvalue weighted by atomic mass is 9.86. The highest BCUT2D eigenvalue weighted by molar-refractivity contribution is 5.56. The van der Waals surface area contributed by atoms with Gasteiger partial charge in [-0.3, -0.25) is 0 Å². The maximum absolute atomic E-state index is 5.53. The van der Waals surface area contributed by atoms with Crippen molar-refractivity contribution in [2.75, 3.05) is 47.5 Å². The molecule has 0 amide bonds. The molecule has 5 aliphatic heterocycles. The van der Waals surface area contributed by atoms with E-state index in [1.54, 1.807) is 7.11 Å². The van der Waals surface area contributed by atoms with E-state index in [2.05, 4.69) is 153 Å². The zero-order chi connectivity index (χ0) is 50.5. The van der Waals surface area contributed by atoms with Gasteiger partial charge in [-0.05, 0) is 110 Å². The van der Waals surface area contributed by atoms with Crippen molar-refractivity contribution in [3.8, 4) is 63.2 Å². The molecule has 5 heterocycles. The van der Waals surface area contributed by atoms with E-state index in [-0.39, 0.29) is 71.0 Å². The standard InChI is InChI=1S/C12H16O3.2C12H16O2.2C11H14O2.5CH4/c1-12(2,3)8-5-9(13-4)11-10(6-8)14-7-15-11;1-8-5-9(12(2,3)4)6-10-11(8)14-7-13-10;1-12(2,3)9-4-5-10-11(8-9)14-7-6-13-10;1-11(2,3)8-4-5-9-10(6-8)13-7-12-9;1-11(2,3)8-5-4-6-9-10(8)13-7-12-9;;;;;/h5-6H,7H2,1-4H3;5-6H,7H2,1-4H3;4-5,8H,6-7H2,1-3H3;2*4-6H,7H2,1-3H3;5*1H4. The van der Waals surface area contributed by atoms with Gasteiger partial charge in [0.2, 0.25) is 32.9 Å². The molecule has 0 bridgehead atoms. The van der Waals surface area contributed by atoms with Crippen LogP contribution in [0.25, 0.3) is 0 Å². The van der Waals surface area contributed by atoms with Crippen LogP contribution in [0.5, 0.6) is 63.2 Å². The Labute approximate surface area is 448 Å². The highest BCUT2D eigenvalue weighted by atomic mass is 16.7. The Morgan fingerprint density at radius 3 is 1.22 bits per heavy atom. The van der Waals surface area contributed by atoms with Crippen LogP contribution in [0.4, 0.5) is 0 Å². The third-order valence-electron chi connectivity index (χ3n) is 11.9. The Hall–Kier alpha value is -6.10. The van der Waals surface area contributed by atoms with Gasteiger partial charge in [0.25, 0.3) is 0 Å². The Morgan fingerprint density at radius 2 is 0.716 bits per heavy atom. The molecule has 5 aromatic rings. The zero-order valence-electron chi connectivity index (χ0n) is 44.2. The number of aryl methyl sites for hydroxylation is 1. The van der Waals surface area contributed by atoms with E-state index in [0.717, 1.165) is 63.1 Å². The summed E-state index contributed by atoms with van der Waals surface area (Å²) in [6.07, 6.45) is 0. The van der Waals surface area contributed by atoms with Crippen molar-refractivity contribution in [1.29, 1.82) is 0 Å². The smallest absolute Gasteiger partial charge is 0.231 e. The van der Waals surface area contributed by atoms with Gasteiger partial charge >= 0.3 is 0 Å². The molecule has 414 valence electrons. The van der Waals surface area contributed by atoms with Crippen LogP contribution in [-0.4, -0.2) is 47.5 Å². The highest BCUT2D eigenvalue weighted by Crippen LogP contribution is 2.45. The zero-order valence-corrected chi connectivity index (χ0v) is 44.2. The van der Waals surface area contributed by atoms with Crippen molar-refractivity contribution >= 4 is 0 Å². The first kappa shape index (κ1) is 65.9. The molecule has 5 aromatic carbocycles. The summed E-state index contributed by atoms with van der Waals surface area (Å²) in [6, 6.07) is 26.6. The van der Waals surface area contributed by atoms with Crippen molar-refractivity contribution in [3.05, 3.63) is 112 Å². The second-order valence-corrected chi connectivity index (χ2v) is 22.7. The van der Waals surface area contributed by atoms with Gasteiger partial charge in [0.1, 0.15) is 13.2 Å². The number of benzene rings is 5. The van der Waals surface area contributed by atoms with E-state index in [0.29, 0.717) is 39.3 Å². The highest BCUT2D eigenvalue weighted by Gasteiger charge is 2.27. The molecule has 74 heavy (non-hydrogen) atoms. The molecular weight excluding hydrogens is 933 g/mol. The summed E-state index contributed by atoms with van der Waals surface area (Å²) >= 11 is 0. The Bertz CT molecular complexity index is 2540. The fraction of sp³-hybridized carbons (Fsp3) is 0.524. The molecule has 0 fully saturated rings. The molecule has 11 nitrogen and oxygen atoms in total. The van der Waals surface area contributed by atoms with Gasteiger partial charge in [-0.15, -0.1) is 0 Å². The predicted octanol–water partition coefficient (Wildman–Crippen LogP) is 17.1. The van der Waals surface area contributed by atoms with Crippen molar-refractivity contribution < 1.29 is 52.1 Å².